The van der Waals surface area contributed by atoms with Crippen LogP contribution in [-0.2, 0) is 0 Å². The molecule has 0 aliphatic carbocycles. The molecule has 100 valence electrons. The molecule has 0 radical (unpaired) electrons. The van der Waals surface area contributed by atoms with Gasteiger partial charge in [0.2, 0.25) is 5.95 Å². The first-order valence-corrected chi connectivity index (χ1v) is 6.19. The van der Waals surface area contributed by atoms with Crippen LogP contribution in [0.5, 0.6) is 0 Å². The highest BCUT2D eigenvalue weighted by atomic mass is 16.1. The van der Waals surface area contributed by atoms with Crippen molar-refractivity contribution in [3.8, 4) is 0 Å². The van der Waals surface area contributed by atoms with Crippen LogP contribution in [0.4, 0.5) is 5.95 Å². The molecule has 1 rings (SSSR count). The molecule has 0 spiro atoms. The highest BCUT2D eigenvalue weighted by molar-refractivity contribution is 5.92. The number of nitrogens with zero attached hydrogens (tertiary/aromatic N) is 2. The van der Waals surface area contributed by atoms with Gasteiger partial charge in [0.15, 0.2) is 0 Å². The average Bonchev–Trinajstić information content (AvgIpc) is 2.24. The first kappa shape index (κ1) is 14.4. The molecular formula is C13H22N4O. The highest BCUT2D eigenvalue weighted by Gasteiger charge is 2.15. The molecule has 5 heteroatoms. The minimum Gasteiger partial charge on any atom is -0.354 e. The molecular weight excluding hydrogens is 228 g/mol. The third-order valence-electron chi connectivity index (χ3n) is 2.20. The molecule has 0 atom stereocenters. The summed E-state index contributed by atoms with van der Waals surface area (Å²) in [6, 6.07) is 1.69. The Morgan fingerprint density at radius 1 is 1.33 bits per heavy atom. The van der Waals surface area contributed by atoms with Crippen LogP contribution in [0, 0.1) is 12.3 Å². The average molecular weight is 250 g/mol. The Labute approximate surface area is 108 Å². The van der Waals surface area contributed by atoms with Gasteiger partial charge in [0.25, 0.3) is 5.91 Å². The second-order valence-corrected chi connectivity index (χ2v) is 5.49. The number of nitrogens with one attached hydrogen (secondary N) is 2. The Morgan fingerprint density at radius 2 is 2.00 bits per heavy atom. The first-order chi connectivity index (χ1) is 8.31. The fraction of sp³-hybridized carbons (Fsp3) is 0.615. The largest absolute Gasteiger partial charge is 0.354 e. The van der Waals surface area contributed by atoms with E-state index in [0.29, 0.717) is 18.2 Å². The Hall–Kier alpha value is -1.65. The molecule has 0 aromatic carbocycles. The Kier molecular flexibility index (Phi) is 4.64. The lowest BCUT2D eigenvalue weighted by atomic mass is 9.97. The van der Waals surface area contributed by atoms with Gasteiger partial charge in [-0.05, 0) is 25.3 Å². The fourth-order valence-electron chi connectivity index (χ4n) is 1.36. The van der Waals surface area contributed by atoms with Crippen LogP contribution in [0.1, 0.15) is 43.9 Å². The molecule has 0 aliphatic heterocycles. The summed E-state index contributed by atoms with van der Waals surface area (Å²) < 4.78 is 0. The molecule has 1 aromatic rings. The van der Waals surface area contributed by atoms with Crippen LogP contribution >= 0.6 is 0 Å². The third-order valence-corrected chi connectivity index (χ3v) is 2.20. The summed E-state index contributed by atoms with van der Waals surface area (Å²) in [5, 5.41) is 5.89. The lowest BCUT2D eigenvalue weighted by Gasteiger charge is -2.18. The predicted octanol–water partition coefficient (Wildman–Crippen LogP) is 1.99. The molecule has 1 aromatic heterocycles. The maximum Gasteiger partial charge on any atom is 0.270 e. The van der Waals surface area contributed by atoms with Crippen molar-refractivity contribution in [2.45, 2.75) is 34.6 Å². The lowest BCUT2D eigenvalue weighted by Crippen LogP contribution is -2.33. The van der Waals surface area contributed by atoms with Crippen LogP contribution in [0.25, 0.3) is 0 Å². The topological polar surface area (TPSA) is 66.9 Å². The van der Waals surface area contributed by atoms with Crippen molar-refractivity contribution in [2.24, 2.45) is 5.41 Å². The number of hydrogen-bond donors (Lipinski definition) is 2. The fourth-order valence-corrected chi connectivity index (χ4v) is 1.36. The molecule has 1 amide bonds. The number of anilines is 1. The molecule has 0 unspecified atom stereocenters. The van der Waals surface area contributed by atoms with Crippen molar-refractivity contribution in [1.82, 2.24) is 15.3 Å². The van der Waals surface area contributed by atoms with E-state index in [1.165, 1.54) is 0 Å². The number of carbonyl (C=O) groups is 1. The normalized spacial score (nSPS) is 11.2. The number of rotatable bonds is 4. The van der Waals surface area contributed by atoms with Crippen molar-refractivity contribution in [3.05, 3.63) is 17.5 Å². The minimum atomic E-state index is -0.158. The second kappa shape index (κ2) is 5.80. The molecule has 0 saturated heterocycles. The quantitative estimate of drug-likeness (QED) is 0.857. The molecule has 0 fully saturated rings. The van der Waals surface area contributed by atoms with Crippen molar-refractivity contribution >= 4 is 11.9 Å². The van der Waals surface area contributed by atoms with Crippen LogP contribution < -0.4 is 10.6 Å². The number of amides is 1. The van der Waals surface area contributed by atoms with Gasteiger partial charge in [-0.1, -0.05) is 20.8 Å². The zero-order chi connectivity index (χ0) is 13.8. The summed E-state index contributed by atoms with van der Waals surface area (Å²) in [5.41, 5.74) is 1.24. The molecule has 5 nitrogen and oxygen atoms in total. The van der Waals surface area contributed by atoms with Crippen LogP contribution in [-0.4, -0.2) is 29.0 Å². The molecule has 1 heterocycles. The SMILES string of the molecule is CCNc1nc(C)cc(C(=O)NCC(C)(C)C)n1. The van der Waals surface area contributed by atoms with E-state index in [1.807, 2.05) is 13.8 Å². The summed E-state index contributed by atoms with van der Waals surface area (Å²) in [7, 11) is 0. The number of hydrogen-bond acceptors (Lipinski definition) is 4. The lowest BCUT2D eigenvalue weighted by molar-refractivity contribution is 0.0934. The maximum absolute atomic E-state index is 12.0. The molecule has 0 aliphatic rings. The number of aryl methyl sites for hydroxylation is 1. The molecule has 0 bridgehead atoms. The van der Waals surface area contributed by atoms with Crippen LogP contribution in [0.2, 0.25) is 0 Å². The minimum absolute atomic E-state index is 0.0578. The van der Waals surface area contributed by atoms with E-state index in [1.54, 1.807) is 6.07 Å². The predicted molar refractivity (Wildman–Crippen MR) is 72.7 cm³/mol. The van der Waals surface area contributed by atoms with E-state index in [2.05, 4.69) is 41.4 Å². The van der Waals surface area contributed by atoms with Crippen molar-refractivity contribution in [2.75, 3.05) is 18.4 Å². The monoisotopic (exact) mass is 250 g/mol. The second-order valence-electron chi connectivity index (χ2n) is 5.49. The van der Waals surface area contributed by atoms with Gasteiger partial charge in [-0.25, -0.2) is 9.97 Å². The van der Waals surface area contributed by atoms with Gasteiger partial charge >= 0.3 is 0 Å². The Bertz CT molecular complexity index is 423. The van der Waals surface area contributed by atoms with E-state index in [4.69, 9.17) is 0 Å². The van der Waals surface area contributed by atoms with Crippen molar-refractivity contribution < 1.29 is 4.79 Å². The van der Waals surface area contributed by atoms with E-state index in [-0.39, 0.29) is 11.3 Å². The summed E-state index contributed by atoms with van der Waals surface area (Å²) in [6.45, 7) is 11.4. The molecule has 2 N–H and O–H groups in total. The third kappa shape index (κ3) is 4.69. The van der Waals surface area contributed by atoms with Gasteiger partial charge in [0.1, 0.15) is 5.69 Å². The van der Waals surface area contributed by atoms with Gasteiger partial charge in [-0.15, -0.1) is 0 Å². The van der Waals surface area contributed by atoms with Crippen molar-refractivity contribution in [3.63, 3.8) is 0 Å². The molecule has 0 saturated carbocycles. The number of aromatic nitrogens is 2. The van der Waals surface area contributed by atoms with E-state index >= 15 is 0 Å². The Balaban J connectivity index is 2.79. The van der Waals surface area contributed by atoms with Gasteiger partial charge in [0.05, 0.1) is 0 Å². The van der Waals surface area contributed by atoms with Crippen molar-refractivity contribution in [1.29, 1.82) is 0 Å². The zero-order valence-electron chi connectivity index (χ0n) is 11.8. The maximum atomic E-state index is 12.0. The summed E-state index contributed by atoms with van der Waals surface area (Å²) in [6.07, 6.45) is 0. The van der Waals surface area contributed by atoms with Gasteiger partial charge in [0, 0.05) is 18.8 Å². The van der Waals surface area contributed by atoms with Gasteiger partial charge in [-0.3, -0.25) is 4.79 Å². The summed E-state index contributed by atoms with van der Waals surface area (Å²) in [4.78, 5) is 20.4. The summed E-state index contributed by atoms with van der Waals surface area (Å²) >= 11 is 0. The van der Waals surface area contributed by atoms with Crippen LogP contribution in [0.15, 0.2) is 6.07 Å². The van der Waals surface area contributed by atoms with E-state index in [0.717, 1.165) is 12.2 Å². The first-order valence-electron chi connectivity index (χ1n) is 6.19. The van der Waals surface area contributed by atoms with Gasteiger partial charge < -0.3 is 10.6 Å². The van der Waals surface area contributed by atoms with E-state index < -0.39 is 0 Å². The highest BCUT2D eigenvalue weighted by Crippen LogP contribution is 2.11. The van der Waals surface area contributed by atoms with Gasteiger partial charge in [-0.2, -0.15) is 0 Å². The number of carbonyl (C=O) groups excluding carboxylic acids is 1. The molecule has 18 heavy (non-hydrogen) atoms. The zero-order valence-corrected chi connectivity index (χ0v) is 11.8. The summed E-state index contributed by atoms with van der Waals surface area (Å²) in [5.74, 6) is 0.341. The smallest absolute Gasteiger partial charge is 0.270 e. The van der Waals surface area contributed by atoms with Crippen LogP contribution in [0.3, 0.4) is 0 Å². The van der Waals surface area contributed by atoms with E-state index in [9.17, 15) is 4.79 Å². The standard InChI is InChI=1S/C13H22N4O/c1-6-14-12-16-9(2)7-10(17-12)11(18)15-8-13(3,4)5/h7H,6,8H2,1-5H3,(H,15,18)(H,14,16,17). The Morgan fingerprint density at radius 3 is 2.56 bits per heavy atom.